The molecule has 0 bridgehead atoms. The molecule has 0 aliphatic heterocycles. The summed E-state index contributed by atoms with van der Waals surface area (Å²) in [6.07, 6.45) is 0. The van der Waals surface area contributed by atoms with E-state index >= 15 is 0 Å². The normalized spacial score (nSPS) is 10.3. The molecule has 4 aromatic rings. The van der Waals surface area contributed by atoms with E-state index < -0.39 is 11.9 Å². The minimum absolute atomic E-state index is 0.0800. The molecule has 0 aliphatic rings. The minimum Gasteiger partial charge on any atom is -0.478 e. The number of nitrogens with one attached hydrogen (secondary N) is 2. The summed E-state index contributed by atoms with van der Waals surface area (Å²) >= 11 is 0. The maximum absolute atomic E-state index is 12.5. The number of carboxylic acids is 2. The van der Waals surface area contributed by atoms with Crippen molar-refractivity contribution in [3.05, 3.63) is 119 Å². The third-order valence-corrected chi connectivity index (χ3v) is 5.38. The number of hydrogen-bond donors (Lipinski definition) is 4. The molecule has 0 saturated heterocycles. The summed E-state index contributed by atoms with van der Waals surface area (Å²) in [5, 5.41) is 23.5. The Hall–Kier alpha value is -5.24. The quantitative estimate of drug-likeness (QED) is 0.285. The molecule has 0 aromatic heterocycles. The lowest BCUT2D eigenvalue weighted by molar-refractivity contribution is 0.0686. The van der Waals surface area contributed by atoms with Crippen LogP contribution in [0.5, 0.6) is 0 Å². The van der Waals surface area contributed by atoms with Gasteiger partial charge in [0, 0.05) is 22.5 Å². The van der Waals surface area contributed by atoms with Crippen LogP contribution in [0.3, 0.4) is 0 Å². The van der Waals surface area contributed by atoms with Gasteiger partial charge in [-0.25, -0.2) is 9.59 Å². The van der Waals surface area contributed by atoms with Gasteiger partial charge >= 0.3 is 11.9 Å². The molecule has 178 valence electrons. The van der Waals surface area contributed by atoms with Crippen LogP contribution in [0, 0.1) is 0 Å². The van der Waals surface area contributed by atoms with E-state index in [9.17, 15) is 19.2 Å². The Kier molecular flexibility index (Phi) is 6.87. The summed E-state index contributed by atoms with van der Waals surface area (Å²) in [6.45, 7) is 0. The second-order valence-electron chi connectivity index (χ2n) is 7.83. The summed E-state index contributed by atoms with van der Waals surface area (Å²) in [4.78, 5) is 47.1. The SMILES string of the molecule is O=C(O)c1ccc(NC(=O)c2ccc(-c3ccc(C(=O)Nc4cccc(C(=O)O)c4)cc3)cc2)cc1. The number of anilines is 2. The van der Waals surface area contributed by atoms with Gasteiger partial charge in [0.15, 0.2) is 0 Å². The monoisotopic (exact) mass is 480 g/mol. The van der Waals surface area contributed by atoms with E-state index in [0.29, 0.717) is 22.5 Å². The van der Waals surface area contributed by atoms with Crippen molar-refractivity contribution in [3.8, 4) is 11.1 Å². The molecule has 0 radical (unpaired) electrons. The van der Waals surface area contributed by atoms with Crippen LogP contribution < -0.4 is 10.6 Å². The average Bonchev–Trinajstić information content (AvgIpc) is 2.89. The largest absolute Gasteiger partial charge is 0.478 e. The summed E-state index contributed by atoms with van der Waals surface area (Å²) < 4.78 is 0. The van der Waals surface area contributed by atoms with E-state index in [2.05, 4.69) is 10.6 Å². The van der Waals surface area contributed by atoms with Crippen LogP contribution in [-0.2, 0) is 0 Å². The van der Waals surface area contributed by atoms with E-state index in [-0.39, 0.29) is 22.9 Å². The molecule has 0 atom stereocenters. The van der Waals surface area contributed by atoms with Gasteiger partial charge in [0.25, 0.3) is 11.8 Å². The van der Waals surface area contributed by atoms with E-state index in [4.69, 9.17) is 10.2 Å². The van der Waals surface area contributed by atoms with E-state index in [1.165, 1.54) is 36.4 Å². The van der Waals surface area contributed by atoms with Crippen molar-refractivity contribution >= 4 is 35.1 Å². The fourth-order valence-electron chi connectivity index (χ4n) is 3.46. The fourth-order valence-corrected chi connectivity index (χ4v) is 3.46. The van der Waals surface area contributed by atoms with Gasteiger partial charge in [0.1, 0.15) is 0 Å². The number of aromatic carboxylic acids is 2. The summed E-state index contributed by atoms with van der Waals surface area (Å²) in [6, 6.07) is 25.7. The Morgan fingerprint density at radius 1 is 0.472 bits per heavy atom. The van der Waals surface area contributed by atoms with Crippen molar-refractivity contribution in [1.82, 2.24) is 0 Å². The van der Waals surface area contributed by atoms with Gasteiger partial charge in [-0.1, -0.05) is 30.3 Å². The zero-order valence-corrected chi connectivity index (χ0v) is 18.8. The van der Waals surface area contributed by atoms with Crippen molar-refractivity contribution < 1.29 is 29.4 Å². The topological polar surface area (TPSA) is 133 Å². The third kappa shape index (κ3) is 5.63. The van der Waals surface area contributed by atoms with Gasteiger partial charge in [-0.15, -0.1) is 0 Å². The molecule has 0 aliphatic carbocycles. The highest BCUT2D eigenvalue weighted by molar-refractivity contribution is 6.06. The van der Waals surface area contributed by atoms with Crippen LogP contribution in [0.25, 0.3) is 11.1 Å². The van der Waals surface area contributed by atoms with E-state index in [1.54, 1.807) is 60.7 Å². The first-order chi connectivity index (χ1) is 17.3. The number of carboxylic acid groups (broad SMARTS) is 2. The number of hydrogen-bond acceptors (Lipinski definition) is 4. The van der Waals surface area contributed by atoms with Crippen LogP contribution in [0.4, 0.5) is 11.4 Å². The third-order valence-electron chi connectivity index (χ3n) is 5.38. The van der Waals surface area contributed by atoms with Crippen LogP contribution in [0.15, 0.2) is 97.1 Å². The molecule has 36 heavy (non-hydrogen) atoms. The lowest BCUT2D eigenvalue weighted by Crippen LogP contribution is -2.12. The van der Waals surface area contributed by atoms with Gasteiger partial charge in [-0.3, -0.25) is 9.59 Å². The Labute approximate surface area is 205 Å². The minimum atomic E-state index is -1.08. The lowest BCUT2D eigenvalue weighted by Gasteiger charge is -2.09. The summed E-state index contributed by atoms with van der Waals surface area (Å²) in [5.74, 6) is -2.81. The van der Waals surface area contributed by atoms with Crippen molar-refractivity contribution in [3.63, 3.8) is 0 Å². The maximum atomic E-state index is 12.5. The Morgan fingerprint density at radius 2 is 0.917 bits per heavy atom. The number of carbonyl (C=O) groups excluding carboxylic acids is 2. The standard InChI is InChI=1S/C28H20N2O6/c31-25(29-23-14-12-21(13-15-23)27(33)34)19-8-4-17(5-9-19)18-6-10-20(11-7-18)26(32)30-24-3-1-2-22(16-24)28(35)36/h1-16H,(H,29,31)(H,30,32)(H,33,34)(H,35,36). The Bertz CT molecular complexity index is 1440. The van der Waals surface area contributed by atoms with E-state index in [0.717, 1.165) is 11.1 Å². The molecule has 4 aromatic carbocycles. The fraction of sp³-hybridized carbons (Fsp3) is 0. The van der Waals surface area contributed by atoms with Crippen LogP contribution in [0.1, 0.15) is 41.4 Å². The molecule has 2 amide bonds. The highest BCUT2D eigenvalue weighted by atomic mass is 16.4. The van der Waals surface area contributed by atoms with Gasteiger partial charge in [0.05, 0.1) is 11.1 Å². The molecule has 0 fully saturated rings. The van der Waals surface area contributed by atoms with Crippen molar-refractivity contribution in [2.45, 2.75) is 0 Å². The van der Waals surface area contributed by atoms with Crippen molar-refractivity contribution in [1.29, 1.82) is 0 Å². The second kappa shape index (κ2) is 10.4. The maximum Gasteiger partial charge on any atom is 0.335 e. The molecule has 0 saturated carbocycles. The predicted octanol–water partition coefficient (Wildman–Crippen LogP) is 5.25. The first-order valence-electron chi connectivity index (χ1n) is 10.8. The molecule has 0 heterocycles. The van der Waals surface area contributed by atoms with Crippen molar-refractivity contribution in [2.75, 3.05) is 10.6 Å². The van der Waals surface area contributed by atoms with Crippen LogP contribution in [-0.4, -0.2) is 34.0 Å². The molecule has 8 nitrogen and oxygen atoms in total. The molecular weight excluding hydrogens is 460 g/mol. The van der Waals surface area contributed by atoms with Gasteiger partial charge in [-0.05, 0) is 77.9 Å². The number of carbonyl (C=O) groups is 4. The predicted molar refractivity (Wildman–Crippen MR) is 135 cm³/mol. The molecule has 0 spiro atoms. The van der Waals surface area contributed by atoms with Gasteiger partial charge in [0.2, 0.25) is 0 Å². The molecule has 4 N–H and O–H groups in total. The zero-order chi connectivity index (χ0) is 25.7. The van der Waals surface area contributed by atoms with Crippen LogP contribution in [0.2, 0.25) is 0 Å². The lowest BCUT2D eigenvalue weighted by atomic mass is 10.0. The zero-order valence-electron chi connectivity index (χ0n) is 18.8. The van der Waals surface area contributed by atoms with Gasteiger partial charge in [-0.2, -0.15) is 0 Å². The smallest absolute Gasteiger partial charge is 0.335 e. The van der Waals surface area contributed by atoms with Gasteiger partial charge < -0.3 is 20.8 Å². The first-order valence-corrected chi connectivity index (χ1v) is 10.8. The summed E-state index contributed by atoms with van der Waals surface area (Å²) in [5.41, 5.74) is 3.61. The van der Waals surface area contributed by atoms with E-state index in [1.807, 2.05) is 0 Å². The Morgan fingerprint density at radius 3 is 1.39 bits per heavy atom. The number of amides is 2. The molecule has 0 unspecified atom stereocenters. The summed E-state index contributed by atoms with van der Waals surface area (Å²) in [7, 11) is 0. The highest BCUT2D eigenvalue weighted by Crippen LogP contribution is 2.22. The molecular formula is C28H20N2O6. The first kappa shape index (κ1) is 23.9. The number of rotatable bonds is 7. The Balaban J connectivity index is 1.40. The molecule has 8 heteroatoms. The number of benzene rings is 4. The highest BCUT2D eigenvalue weighted by Gasteiger charge is 2.11. The average molecular weight is 480 g/mol. The second-order valence-corrected chi connectivity index (χ2v) is 7.83. The van der Waals surface area contributed by atoms with Crippen molar-refractivity contribution in [2.24, 2.45) is 0 Å². The molecule has 4 rings (SSSR count). The van der Waals surface area contributed by atoms with Crippen LogP contribution >= 0.6 is 0 Å².